The van der Waals surface area contributed by atoms with E-state index >= 15 is 0 Å². The predicted octanol–water partition coefficient (Wildman–Crippen LogP) is 3.93. The molecule has 0 unspecified atom stereocenters. The van der Waals surface area contributed by atoms with Gasteiger partial charge in [-0.1, -0.05) is 60.2 Å². The van der Waals surface area contributed by atoms with Crippen molar-refractivity contribution in [1.29, 1.82) is 0 Å². The molecule has 31 heavy (non-hydrogen) atoms. The highest BCUT2D eigenvalue weighted by Crippen LogP contribution is 2.38. The summed E-state index contributed by atoms with van der Waals surface area (Å²) in [6.07, 6.45) is 1.12. The van der Waals surface area contributed by atoms with Gasteiger partial charge in [-0.2, -0.15) is 4.98 Å². The van der Waals surface area contributed by atoms with Gasteiger partial charge in [-0.3, -0.25) is 14.9 Å². The number of aliphatic carboxylic acids is 1. The summed E-state index contributed by atoms with van der Waals surface area (Å²) in [5.41, 5.74) is 3.49. The van der Waals surface area contributed by atoms with Crippen LogP contribution in [-0.2, 0) is 9.59 Å². The largest absolute Gasteiger partial charge is 0.481 e. The van der Waals surface area contributed by atoms with Gasteiger partial charge in [0.2, 0.25) is 11.9 Å². The van der Waals surface area contributed by atoms with Crippen molar-refractivity contribution >= 4 is 23.8 Å². The Morgan fingerprint density at radius 3 is 2.55 bits per heavy atom. The zero-order valence-corrected chi connectivity index (χ0v) is 17.3. The zero-order valence-electron chi connectivity index (χ0n) is 17.3. The van der Waals surface area contributed by atoms with E-state index in [-0.39, 0.29) is 43.2 Å². The molecule has 1 aliphatic rings. The minimum Gasteiger partial charge on any atom is -0.481 e. The van der Waals surface area contributed by atoms with Crippen LogP contribution < -0.4 is 10.6 Å². The first-order valence-electron chi connectivity index (χ1n) is 10.4. The number of amides is 1. The monoisotopic (exact) mass is 419 g/mol. The molecule has 0 bridgehead atoms. The summed E-state index contributed by atoms with van der Waals surface area (Å²) < 4.78 is 1.81. The molecule has 2 atom stereocenters. The molecule has 0 spiro atoms. The van der Waals surface area contributed by atoms with Crippen molar-refractivity contribution in [3.8, 4) is 0 Å². The maximum atomic E-state index is 12.2. The Bertz CT molecular complexity index is 1060. The van der Waals surface area contributed by atoms with Gasteiger partial charge in [-0.15, -0.1) is 5.10 Å². The molecule has 0 fully saturated rings. The lowest BCUT2D eigenvalue weighted by atomic mass is 9.93. The van der Waals surface area contributed by atoms with Crippen molar-refractivity contribution in [2.75, 3.05) is 10.6 Å². The number of nitrogens with one attached hydrogen (secondary N) is 2. The van der Waals surface area contributed by atoms with E-state index in [1.165, 1.54) is 11.1 Å². The molecule has 4 rings (SSSR count). The summed E-state index contributed by atoms with van der Waals surface area (Å²) in [4.78, 5) is 27.3. The minimum atomic E-state index is -0.916. The van der Waals surface area contributed by atoms with Gasteiger partial charge < -0.3 is 10.4 Å². The summed E-state index contributed by atoms with van der Waals surface area (Å²) in [5, 5.41) is 19.4. The van der Waals surface area contributed by atoms with Gasteiger partial charge in [0.1, 0.15) is 0 Å². The number of rotatable bonds is 7. The third-order valence-electron chi connectivity index (χ3n) is 5.40. The Hall–Kier alpha value is -3.68. The number of fused-ring (bicyclic) bond motifs is 1. The van der Waals surface area contributed by atoms with E-state index in [9.17, 15) is 9.59 Å². The van der Waals surface area contributed by atoms with Crippen LogP contribution in [0.15, 0.2) is 54.6 Å². The highest BCUT2D eigenvalue weighted by molar-refractivity contribution is 5.89. The molecule has 0 radical (unpaired) electrons. The molecule has 3 N–H and O–H groups in total. The number of aromatic nitrogens is 3. The Balaban J connectivity index is 1.58. The molecule has 1 aliphatic heterocycles. The normalized spacial score (nSPS) is 17.5. The fourth-order valence-electron chi connectivity index (χ4n) is 3.79. The van der Waals surface area contributed by atoms with Crippen molar-refractivity contribution in [2.45, 2.75) is 44.7 Å². The van der Waals surface area contributed by atoms with Crippen LogP contribution in [0.2, 0.25) is 0 Å². The number of benzene rings is 2. The highest BCUT2D eigenvalue weighted by atomic mass is 16.4. The number of hydrogen-bond donors (Lipinski definition) is 3. The standard InChI is InChI=1S/C23H25N5O3/c1-15-10-12-16(13-11-15)18-14-19(17-6-3-2-4-7-17)28-23(24-18)26-22(27-28)25-20(29)8-5-9-21(30)31/h2-4,6-7,10-13,18-19H,5,8-9,14H2,1H3,(H,30,31)(H2,24,25,26,27,29)/t18-,19+/m0/s1. The second-order valence-corrected chi connectivity index (χ2v) is 7.77. The van der Waals surface area contributed by atoms with E-state index in [0.717, 1.165) is 12.0 Å². The van der Waals surface area contributed by atoms with E-state index in [1.807, 2.05) is 22.9 Å². The molecule has 2 aromatic carbocycles. The third-order valence-corrected chi connectivity index (χ3v) is 5.40. The number of carbonyl (C=O) groups is 2. The molecule has 0 saturated heterocycles. The number of aryl methyl sites for hydroxylation is 1. The van der Waals surface area contributed by atoms with Crippen LogP contribution in [-0.4, -0.2) is 31.7 Å². The number of anilines is 2. The molecule has 2 heterocycles. The Morgan fingerprint density at radius 2 is 1.84 bits per heavy atom. The van der Waals surface area contributed by atoms with Gasteiger partial charge in [-0.25, -0.2) is 4.68 Å². The molecular formula is C23H25N5O3. The van der Waals surface area contributed by atoms with Crippen LogP contribution >= 0.6 is 0 Å². The summed E-state index contributed by atoms with van der Waals surface area (Å²) in [6, 6.07) is 18.6. The minimum absolute atomic E-state index is 0.0334. The molecule has 8 heteroatoms. The van der Waals surface area contributed by atoms with Gasteiger partial charge >= 0.3 is 5.97 Å². The number of hydrogen-bond acceptors (Lipinski definition) is 5. The first-order chi connectivity index (χ1) is 15.0. The average Bonchev–Trinajstić information content (AvgIpc) is 3.16. The van der Waals surface area contributed by atoms with E-state index < -0.39 is 5.97 Å². The summed E-state index contributed by atoms with van der Waals surface area (Å²) in [6.45, 7) is 2.06. The van der Waals surface area contributed by atoms with Crippen molar-refractivity contribution in [2.24, 2.45) is 0 Å². The molecule has 1 aromatic heterocycles. The third kappa shape index (κ3) is 4.91. The number of carboxylic acids is 1. The Morgan fingerprint density at radius 1 is 1.10 bits per heavy atom. The van der Waals surface area contributed by atoms with Gasteiger partial charge in [0, 0.05) is 12.8 Å². The highest BCUT2D eigenvalue weighted by Gasteiger charge is 2.31. The molecule has 0 saturated carbocycles. The summed E-state index contributed by atoms with van der Waals surface area (Å²) >= 11 is 0. The van der Waals surface area contributed by atoms with E-state index in [0.29, 0.717) is 5.95 Å². The topological polar surface area (TPSA) is 109 Å². The van der Waals surface area contributed by atoms with Gasteiger partial charge in [0.05, 0.1) is 12.1 Å². The lowest BCUT2D eigenvalue weighted by molar-refractivity contribution is -0.137. The molecular weight excluding hydrogens is 394 g/mol. The van der Waals surface area contributed by atoms with E-state index in [2.05, 4.69) is 64.0 Å². The number of carbonyl (C=O) groups excluding carboxylic acids is 1. The SMILES string of the molecule is Cc1ccc([C@@H]2C[C@H](c3ccccc3)n3nc(NC(=O)CCCC(=O)O)nc3N2)cc1. The fraction of sp³-hybridized carbons (Fsp3) is 0.304. The fourth-order valence-corrected chi connectivity index (χ4v) is 3.79. The Labute approximate surface area is 180 Å². The van der Waals surface area contributed by atoms with Crippen LogP contribution in [0.1, 0.15) is 54.5 Å². The molecule has 1 amide bonds. The average molecular weight is 419 g/mol. The van der Waals surface area contributed by atoms with Crippen molar-refractivity contribution in [3.05, 3.63) is 71.3 Å². The summed E-state index contributed by atoms with van der Waals surface area (Å²) in [5.74, 6) is -0.407. The number of nitrogens with zero attached hydrogens (tertiary/aromatic N) is 3. The molecule has 160 valence electrons. The molecule has 0 aliphatic carbocycles. The zero-order chi connectivity index (χ0) is 21.8. The Kier molecular flexibility index (Phi) is 5.97. The van der Waals surface area contributed by atoms with Crippen molar-refractivity contribution < 1.29 is 14.7 Å². The molecule has 8 nitrogen and oxygen atoms in total. The maximum absolute atomic E-state index is 12.2. The van der Waals surface area contributed by atoms with Crippen molar-refractivity contribution in [1.82, 2.24) is 14.8 Å². The van der Waals surface area contributed by atoms with Crippen LogP contribution in [0.25, 0.3) is 0 Å². The lowest BCUT2D eigenvalue weighted by Crippen LogP contribution is -2.28. The molecule has 3 aromatic rings. The smallest absolute Gasteiger partial charge is 0.303 e. The quantitative estimate of drug-likeness (QED) is 0.535. The first-order valence-corrected chi connectivity index (χ1v) is 10.4. The predicted molar refractivity (Wildman–Crippen MR) is 117 cm³/mol. The van der Waals surface area contributed by atoms with Crippen LogP contribution in [0.4, 0.5) is 11.9 Å². The second-order valence-electron chi connectivity index (χ2n) is 7.77. The maximum Gasteiger partial charge on any atom is 0.303 e. The van der Waals surface area contributed by atoms with Crippen molar-refractivity contribution in [3.63, 3.8) is 0 Å². The van der Waals surface area contributed by atoms with Crippen LogP contribution in [0, 0.1) is 6.92 Å². The van der Waals surface area contributed by atoms with Crippen LogP contribution in [0.3, 0.4) is 0 Å². The summed E-state index contributed by atoms with van der Waals surface area (Å²) in [7, 11) is 0. The lowest BCUT2D eigenvalue weighted by Gasteiger charge is -2.31. The van der Waals surface area contributed by atoms with Gasteiger partial charge in [0.25, 0.3) is 5.95 Å². The second kappa shape index (κ2) is 8.99. The van der Waals surface area contributed by atoms with E-state index in [4.69, 9.17) is 5.11 Å². The van der Waals surface area contributed by atoms with E-state index in [1.54, 1.807) is 0 Å². The van der Waals surface area contributed by atoms with Gasteiger partial charge in [0.15, 0.2) is 0 Å². The van der Waals surface area contributed by atoms with Gasteiger partial charge in [-0.05, 0) is 30.9 Å². The number of carboxylic acid groups (broad SMARTS) is 1. The first kappa shape index (κ1) is 20.6. The van der Waals surface area contributed by atoms with Crippen LogP contribution in [0.5, 0.6) is 0 Å².